The fraction of sp³-hybridized carbons (Fsp3) is 0.478. The van der Waals surface area contributed by atoms with Crippen molar-refractivity contribution >= 4 is 34.5 Å². The molecule has 1 aliphatic heterocycles. The summed E-state index contributed by atoms with van der Waals surface area (Å²) in [6, 6.07) is 5.97. The van der Waals surface area contributed by atoms with E-state index in [-0.39, 0.29) is 17.7 Å². The van der Waals surface area contributed by atoms with Crippen molar-refractivity contribution in [2.75, 3.05) is 31.8 Å². The summed E-state index contributed by atoms with van der Waals surface area (Å²) in [5, 5.41) is 33.2. The molecule has 0 unspecified atom stereocenters. The maximum Gasteiger partial charge on any atom is 0.231 e. The number of amides is 1. The molecule has 1 saturated heterocycles. The van der Waals surface area contributed by atoms with Gasteiger partial charge in [-0.25, -0.2) is 4.98 Å². The van der Waals surface area contributed by atoms with Crippen molar-refractivity contribution in [1.82, 2.24) is 24.4 Å². The summed E-state index contributed by atoms with van der Waals surface area (Å²) in [6.45, 7) is 1.59. The Labute approximate surface area is 202 Å². The highest BCUT2D eigenvalue weighted by molar-refractivity contribution is 5.83. The normalized spacial score (nSPS) is 22.0. The SMILES string of the molecule is CCc1ccc(CCC(=O)N(C)C)cc1Nc1nc(N)c2ncn([C@@H]3O[C@H](CO)[C@@H](O)[C@H]3O)c2n1. The van der Waals surface area contributed by atoms with Gasteiger partial charge in [-0.2, -0.15) is 9.97 Å². The van der Waals surface area contributed by atoms with Gasteiger partial charge in [0.25, 0.3) is 0 Å². The van der Waals surface area contributed by atoms with E-state index in [1.54, 1.807) is 19.0 Å². The molecule has 1 aromatic carbocycles. The molecule has 3 aromatic rings. The minimum absolute atomic E-state index is 0.0544. The van der Waals surface area contributed by atoms with Crippen LogP contribution >= 0.6 is 0 Å². The lowest BCUT2D eigenvalue weighted by molar-refractivity contribution is -0.128. The van der Waals surface area contributed by atoms with Gasteiger partial charge >= 0.3 is 0 Å². The molecule has 3 heterocycles. The highest BCUT2D eigenvalue weighted by Gasteiger charge is 2.44. The van der Waals surface area contributed by atoms with E-state index in [0.29, 0.717) is 24.0 Å². The van der Waals surface area contributed by atoms with Gasteiger partial charge in [-0.15, -0.1) is 0 Å². The molecule has 2 aromatic heterocycles. The molecular formula is C23H31N7O5. The van der Waals surface area contributed by atoms with Crippen LogP contribution in [0.2, 0.25) is 0 Å². The van der Waals surface area contributed by atoms with E-state index in [0.717, 1.165) is 23.2 Å². The third-order valence-electron chi connectivity index (χ3n) is 6.17. The zero-order chi connectivity index (χ0) is 25.3. The number of aliphatic hydroxyl groups excluding tert-OH is 3. The number of nitrogens with one attached hydrogen (secondary N) is 1. The van der Waals surface area contributed by atoms with Crippen LogP contribution in [0.3, 0.4) is 0 Å². The summed E-state index contributed by atoms with van der Waals surface area (Å²) in [7, 11) is 3.47. The van der Waals surface area contributed by atoms with E-state index in [4.69, 9.17) is 10.5 Å². The van der Waals surface area contributed by atoms with Crippen molar-refractivity contribution in [3.63, 3.8) is 0 Å². The Balaban J connectivity index is 1.64. The van der Waals surface area contributed by atoms with Crippen LogP contribution in [0.4, 0.5) is 17.5 Å². The van der Waals surface area contributed by atoms with Gasteiger partial charge in [-0.05, 0) is 30.0 Å². The van der Waals surface area contributed by atoms with Gasteiger partial charge in [0, 0.05) is 26.2 Å². The predicted molar refractivity (Wildman–Crippen MR) is 129 cm³/mol. The number of ether oxygens (including phenoxy) is 1. The van der Waals surface area contributed by atoms with Crippen LogP contribution in [0.5, 0.6) is 0 Å². The van der Waals surface area contributed by atoms with E-state index in [1.807, 2.05) is 25.1 Å². The number of benzene rings is 1. The van der Waals surface area contributed by atoms with Gasteiger partial charge in [0.1, 0.15) is 23.8 Å². The first-order valence-electron chi connectivity index (χ1n) is 11.4. The smallest absolute Gasteiger partial charge is 0.231 e. The van der Waals surface area contributed by atoms with Gasteiger partial charge in [-0.1, -0.05) is 19.1 Å². The quantitative estimate of drug-likeness (QED) is 0.300. The Bertz CT molecular complexity index is 1210. The van der Waals surface area contributed by atoms with E-state index in [1.165, 1.54) is 10.9 Å². The largest absolute Gasteiger partial charge is 0.394 e. The number of imidazole rings is 1. The van der Waals surface area contributed by atoms with Crippen molar-refractivity contribution in [3.05, 3.63) is 35.7 Å². The number of hydrogen-bond donors (Lipinski definition) is 5. The Morgan fingerprint density at radius 2 is 2.03 bits per heavy atom. The molecule has 12 nitrogen and oxygen atoms in total. The lowest BCUT2D eigenvalue weighted by atomic mass is 10.0. The van der Waals surface area contributed by atoms with Crippen molar-refractivity contribution < 1.29 is 24.9 Å². The summed E-state index contributed by atoms with van der Waals surface area (Å²) in [6.07, 6.45) is -1.32. The Morgan fingerprint density at radius 1 is 1.26 bits per heavy atom. The lowest BCUT2D eigenvalue weighted by Gasteiger charge is -2.17. The highest BCUT2D eigenvalue weighted by atomic mass is 16.6. The molecule has 0 spiro atoms. The zero-order valence-corrected chi connectivity index (χ0v) is 19.9. The molecule has 0 bridgehead atoms. The minimum atomic E-state index is -1.29. The maximum atomic E-state index is 12.0. The molecule has 188 valence electrons. The number of aryl methyl sites for hydroxylation is 2. The molecule has 1 aliphatic rings. The van der Waals surface area contributed by atoms with Gasteiger partial charge in [-0.3, -0.25) is 9.36 Å². The summed E-state index contributed by atoms with van der Waals surface area (Å²) >= 11 is 0. The van der Waals surface area contributed by atoms with Crippen LogP contribution in [-0.2, 0) is 22.4 Å². The predicted octanol–water partition coefficient (Wildman–Crippen LogP) is 0.347. The number of anilines is 3. The van der Waals surface area contributed by atoms with Crippen LogP contribution in [0.25, 0.3) is 11.2 Å². The van der Waals surface area contributed by atoms with Gasteiger partial charge in [0.15, 0.2) is 17.7 Å². The second kappa shape index (κ2) is 10.1. The fourth-order valence-corrected chi connectivity index (χ4v) is 4.09. The van der Waals surface area contributed by atoms with Crippen LogP contribution in [-0.4, -0.2) is 84.7 Å². The van der Waals surface area contributed by atoms with Crippen molar-refractivity contribution in [3.8, 4) is 0 Å². The second-order valence-corrected chi connectivity index (χ2v) is 8.74. The molecule has 0 aliphatic carbocycles. The number of nitrogen functional groups attached to an aromatic ring is 1. The van der Waals surface area contributed by atoms with Crippen molar-refractivity contribution in [1.29, 1.82) is 0 Å². The average molecular weight is 486 g/mol. The molecule has 4 rings (SSSR count). The third kappa shape index (κ3) is 4.91. The lowest BCUT2D eigenvalue weighted by Crippen LogP contribution is -2.33. The highest BCUT2D eigenvalue weighted by Crippen LogP contribution is 2.33. The fourth-order valence-electron chi connectivity index (χ4n) is 4.09. The number of aromatic nitrogens is 4. The van der Waals surface area contributed by atoms with Crippen LogP contribution in [0.15, 0.2) is 24.5 Å². The number of nitrogens with two attached hydrogens (primary N) is 1. The molecule has 0 saturated carbocycles. The number of fused-ring (bicyclic) bond motifs is 1. The number of aliphatic hydroxyl groups is 3. The van der Waals surface area contributed by atoms with E-state index in [2.05, 4.69) is 20.3 Å². The first-order valence-corrected chi connectivity index (χ1v) is 11.4. The van der Waals surface area contributed by atoms with Crippen molar-refractivity contribution in [2.45, 2.75) is 50.7 Å². The van der Waals surface area contributed by atoms with Crippen molar-refractivity contribution in [2.24, 2.45) is 0 Å². The average Bonchev–Trinajstić information content (AvgIpc) is 3.38. The van der Waals surface area contributed by atoms with E-state index in [9.17, 15) is 20.1 Å². The second-order valence-electron chi connectivity index (χ2n) is 8.74. The first kappa shape index (κ1) is 24.8. The van der Waals surface area contributed by atoms with Gasteiger partial charge < -0.3 is 36.0 Å². The minimum Gasteiger partial charge on any atom is -0.394 e. The Kier molecular flexibility index (Phi) is 7.17. The summed E-state index contributed by atoms with van der Waals surface area (Å²) in [4.78, 5) is 26.7. The van der Waals surface area contributed by atoms with Gasteiger partial charge in [0.2, 0.25) is 11.9 Å². The number of carbonyl (C=O) groups excluding carboxylic acids is 1. The van der Waals surface area contributed by atoms with Crippen LogP contribution < -0.4 is 11.1 Å². The molecule has 1 amide bonds. The third-order valence-corrected chi connectivity index (χ3v) is 6.17. The summed E-state index contributed by atoms with van der Waals surface area (Å²) in [5.41, 5.74) is 9.59. The summed E-state index contributed by atoms with van der Waals surface area (Å²) < 4.78 is 7.09. The standard InChI is InChI=1S/C23H31N7O5/c1-4-13-7-5-12(6-8-16(32)29(2)3)9-14(13)26-23-27-20(24)17-21(28-23)30(11-25-17)22-19(34)18(33)15(10-31)35-22/h5,7,9,11,15,18-19,22,31,33-34H,4,6,8,10H2,1-3H3,(H3,24,26,27,28)/t15-,18-,19-,22-/m1/s1. The molecule has 6 N–H and O–H groups in total. The molecular weight excluding hydrogens is 454 g/mol. The molecule has 35 heavy (non-hydrogen) atoms. The van der Waals surface area contributed by atoms with E-state index >= 15 is 0 Å². The first-order chi connectivity index (χ1) is 16.7. The molecule has 4 atom stereocenters. The molecule has 1 fully saturated rings. The maximum absolute atomic E-state index is 12.0. The molecule has 12 heteroatoms. The number of nitrogens with zero attached hydrogens (tertiary/aromatic N) is 5. The van der Waals surface area contributed by atoms with Crippen LogP contribution in [0, 0.1) is 0 Å². The molecule has 0 radical (unpaired) electrons. The van der Waals surface area contributed by atoms with E-state index < -0.39 is 31.1 Å². The zero-order valence-electron chi connectivity index (χ0n) is 19.9. The summed E-state index contributed by atoms with van der Waals surface area (Å²) in [5.74, 6) is 0.409. The number of carbonyl (C=O) groups is 1. The van der Waals surface area contributed by atoms with Gasteiger partial charge in [0.05, 0.1) is 12.9 Å². The topological polar surface area (TPSA) is 172 Å². The Morgan fingerprint density at radius 3 is 2.69 bits per heavy atom. The van der Waals surface area contributed by atoms with Crippen LogP contribution in [0.1, 0.15) is 30.7 Å². The number of hydrogen-bond acceptors (Lipinski definition) is 10. The monoisotopic (exact) mass is 485 g/mol. The Hall–Kier alpha value is -3.32. The number of rotatable bonds is 8.